The van der Waals surface area contributed by atoms with E-state index in [4.69, 9.17) is 9.47 Å². The molecular weight excluding hydrogens is 364 g/mol. The lowest BCUT2D eigenvalue weighted by Gasteiger charge is -2.29. The lowest BCUT2D eigenvalue weighted by molar-refractivity contribution is -0.123. The first-order valence-electron chi connectivity index (χ1n) is 8.91. The molecule has 144 valence electrons. The zero-order valence-corrected chi connectivity index (χ0v) is 16.8. The molecule has 0 radical (unpaired) electrons. The third-order valence-corrected chi connectivity index (χ3v) is 4.83. The summed E-state index contributed by atoms with van der Waals surface area (Å²) in [5, 5.41) is 4.83. The molecule has 0 fully saturated rings. The quantitative estimate of drug-likeness (QED) is 0.817. The van der Waals surface area contributed by atoms with E-state index in [0.717, 1.165) is 4.88 Å². The molecule has 3 rings (SSSR count). The van der Waals surface area contributed by atoms with Crippen LogP contribution in [0.1, 0.15) is 39.0 Å². The maximum absolute atomic E-state index is 12.8. The fraction of sp³-hybridized carbons (Fsp3) is 0.400. The molecule has 1 aliphatic heterocycles. The number of rotatable bonds is 4. The molecule has 1 aromatic heterocycles. The van der Waals surface area contributed by atoms with E-state index in [1.807, 2.05) is 45.2 Å². The summed E-state index contributed by atoms with van der Waals surface area (Å²) in [5.74, 6) is 0.426. The van der Waals surface area contributed by atoms with Gasteiger partial charge >= 0.3 is 6.09 Å². The highest BCUT2D eigenvalue weighted by Gasteiger charge is 2.29. The normalized spacial score (nSPS) is 16.1. The van der Waals surface area contributed by atoms with Gasteiger partial charge in [-0.15, -0.1) is 11.3 Å². The highest BCUT2D eigenvalue weighted by Crippen LogP contribution is 2.35. The van der Waals surface area contributed by atoms with E-state index in [1.54, 1.807) is 34.4 Å². The maximum Gasteiger partial charge on any atom is 0.415 e. The minimum absolute atomic E-state index is 0.177. The minimum Gasteiger partial charge on any atom is -0.478 e. The van der Waals surface area contributed by atoms with Crippen LogP contribution < -0.4 is 15.0 Å². The van der Waals surface area contributed by atoms with Crippen LogP contribution >= 0.6 is 11.3 Å². The Labute approximate surface area is 163 Å². The summed E-state index contributed by atoms with van der Waals surface area (Å²) in [6, 6.07) is 9.24. The van der Waals surface area contributed by atoms with Crippen molar-refractivity contribution in [3.63, 3.8) is 0 Å². The molecule has 1 aromatic carbocycles. The Morgan fingerprint density at radius 2 is 2.11 bits per heavy atom. The van der Waals surface area contributed by atoms with Gasteiger partial charge in [-0.25, -0.2) is 4.79 Å². The standard InChI is InChI=1S/C20H24N2O4S/c1-5-16-18(23)21-15-11-13(8-9-17(15)25-16)22(12-14-7-6-10-27-14)19(24)26-20(2,3)4/h6-11,16H,5,12H2,1-4H3,(H,21,23). The smallest absolute Gasteiger partial charge is 0.415 e. The number of fused-ring (bicyclic) bond motifs is 1. The summed E-state index contributed by atoms with van der Waals surface area (Å²) < 4.78 is 11.3. The molecule has 2 amide bonds. The Morgan fingerprint density at radius 1 is 1.33 bits per heavy atom. The highest BCUT2D eigenvalue weighted by atomic mass is 32.1. The molecule has 0 saturated heterocycles. The van der Waals surface area contributed by atoms with Crippen LogP contribution in [0.25, 0.3) is 0 Å². The van der Waals surface area contributed by atoms with E-state index in [2.05, 4.69) is 5.32 Å². The van der Waals surface area contributed by atoms with E-state index < -0.39 is 17.8 Å². The van der Waals surface area contributed by atoms with Gasteiger partial charge in [0.05, 0.1) is 12.2 Å². The third kappa shape index (κ3) is 4.60. The van der Waals surface area contributed by atoms with Crippen molar-refractivity contribution in [3.8, 4) is 5.75 Å². The Balaban J connectivity index is 1.91. The molecule has 0 spiro atoms. The summed E-state index contributed by atoms with van der Waals surface area (Å²) in [7, 11) is 0. The number of nitrogens with zero attached hydrogens (tertiary/aromatic N) is 1. The van der Waals surface area contributed by atoms with Gasteiger partial charge in [0.2, 0.25) is 0 Å². The average Bonchev–Trinajstić information content (AvgIpc) is 3.10. The number of amides is 2. The van der Waals surface area contributed by atoms with Gasteiger partial charge in [0, 0.05) is 10.6 Å². The first kappa shape index (κ1) is 19.2. The molecule has 1 N–H and O–H groups in total. The zero-order chi connectivity index (χ0) is 19.6. The van der Waals surface area contributed by atoms with Crippen molar-refractivity contribution in [2.75, 3.05) is 10.2 Å². The second-order valence-corrected chi connectivity index (χ2v) is 8.36. The maximum atomic E-state index is 12.8. The van der Waals surface area contributed by atoms with Gasteiger partial charge in [-0.3, -0.25) is 9.69 Å². The Kier molecular flexibility index (Phi) is 5.41. The molecule has 27 heavy (non-hydrogen) atoms. The largest absolute Gasteiger partial charge is 0.478 e. The van der Waals surface area contributed by atoms with Crippen LogP contribution in [0.2, 0.25) is 0 Å². The van der Waals surface area contributed by atoms with Crippen molar-refractivity contribution in [2.24, 2.45) is 0 Å². The van der Waals surface area contributed by atoms with Crippen LogP contribution in [-0.4, -0.2) is 23.7 Å². The number of nitrogens with one attached hydrogen (secondary N) is 1. The average molecular weight is 388 g/mol. The number of hydrogen-bond donors (Lipinski definition) is 1. The summed E-state index contributed by atoms with van der Waals surface area (Å²) >= 11 is 1.57. The molecule has 6 nitrogen and oxygen atoms in total. The lowest BCUT2D eigenvalue weighted by atomic mass is 10.1. The number of hydrogen-bond acceptors (Lipinski definition) is 5. The van der Waals surface area contributed by atoms with Gasteiger partial charge in [0.25, 0.3) is 5.91 Å². The van der Waals surface area contributed by atoms with Gasteiger partial charge in [0.1, 0.15) is 11.4 Å². The van der Waals surface area contributed by atoms with Crippen LogP contribution in [0.15, 0.2) is 35.7 Å². The molecule has 2 heterocycles. The van der Waals surface area contributed by atoms with Gasteiger partial charge < -0.3 is 14.8 Å². The predicted molar refractivity (Wildman–Crippen MR) is 107 cm³/mol. The third-order valence-electron chi connectivity index (χ3n) is 3.97. The second kappa shape index (κ2) is 7.60. The van der Waals surface area contributed by atoms with Crippen LogP contribution in [-0.2, 0) is 16.1 Å². The Hall–Kier alpha value is -2.54. The fourth-order valence-corrected chi connectivity index (χ4v) is 3.40. The SMILES string of the molecule is CCC1Oc2ccc(N(Cc3cccs3)C(=O)OC(C)(C)C)cc2NC1=O. The number of benzene rings is 1. The Bertz CT molecular complexity index is 827. The number of thiophene rings is 1. The number of carbonyl (C=O) groups is 2. The van der Waals surface area contributed by atoms with Gasteiger partial charge in [-0.2, -0.15) is 0 Å². The second-order valence-electron chi connectivity index (χ2n) is 7.33. The van der Waals surface area contributed by atoms with Gasteiger partial charge in [-0.1, -0.05) is 13.0 Å². The summed E-state index contributed by atoms with van der Waals surface area (Å²) in [6.45, 7) is 7.78. The van der Waals surface area contributed by atoms with E-state index in [-0.39, 0.29) is 5.91 Å². The highest BCUT2D eigenvalue weighted by molar-refractivity contribution is 7.09. The molecule has 1 unspecified atom stereocenters. The Morgan fingerprint density at radius 3 is 2.74 bits per heavy atom. The molecule has 7 heteroatoms. The predicted octanol–water partition coefficient (Wildman–Crippen LogP) is 4.80. The van der Waals surface area contributed by atoms with Crippen LogP contribution in [0, 0.1) is 0 Å². The monoisotopic (exact) mass is 388 g/mol. The molecule has 2 aromatic rings. The molecule has 0 aliphatic carbocycles. The van der Waals surface area contributed by atoms with Crippen molar-refractivity contribution in [1.82, 2.24) is 0 Å². The van der Waals surface area contributed by atoms with Crippen molar-refractivity contribution in [2.45, 2.75) is 52.4 Å². The first-order valence-corrected chi connectivity index (χ1v) is 9.79. The molecule has 0 saturated carbocycles. The van der Waals surface area contributed by atoms with Crippen LogP contribution in [0.5, 0.6) is 5.75 Å². The van der Waals surface area contributed by atoms with Crippen molar-refractivity contribution < 1.29 is 19.1 Å². The van der Waals surface area contributed by atoms with Crippen LogP contribution in [0.3, 0.4) is 0 Å². The van der Waals surface area contributed by atoms with Gasteiger partial charge in [0.15, 0.2) is 6.10 Å². The van der Waals surface area contributed by atoms with Crippen LogP contribution in [0.4, 0.5) is 16.2 Å². The van der Waals surface area contributed by atoms with Crippen molar-refractivity contribution in [3.05, 3.63) is 40.6 Å². The van der Waals surface area contributed by atoms with Crippen molar-refractivity contribution >= 4 is 34.7 Å². The molecule has 0 bridgehead atoms. The summed E-state index contributed by atoms with van der Waals surface area (Å²) in [5.41, 5.74) is 0.585. The number of ether oxygens (including phenoxy) is 2. The molecule has 1 aliphatic rings. The van der Waals surface area contributed by atoms with E-state index in [1.165, 1.54) is 0 Å². The number of carbonyl (C=O) groups excluding carboxylic acids is 2. The zero-order valence-electron chi connectivity index (χ0n) is 15.9. The topological polar surface area (TPSA) is 67.9 Å². The van der Waals surface area contributed by atoms with E-state index in [9.17, 15) is 9.59 Å². The van der Waals surface area contributed by atoms with E-state index >= 15 is 0 Å². The first-order chi connectivity index (χ1) is 12.8. The summed E-state index contributed by atoms with van der Waals surface area (Å²) in [6.07, 6.45) is -0.336. The summed E-state index contributed by atoms with van der Waals surface area (Å²) in [4.78, 5) is 27.5. The molecule has 1 atom stereocenters. The van der Waals surface area contributed by atoms with E-state index in [0.29, 0.717) is 30.1 Å². The fourth-order valence-electron chi connectivity index (χ4n) is 2.71. The lowest BCUT2D eigenvalue weighted by Crippen LogP contribution is -2.38. The molecular formula is C20H24N2O4S. The van der Waals surface area contributed by atoms with Crippen molar-refractivity contribution in [1.29, 1.82) is 0 Å². The van der Waals surface area contributed by atoms with Gasteiger partial charge in [-0.05, 0) is 56.8 Å². The minimum atomic E-state index is -0.606. The number of anilines is 2.